The molecule has 2 heterocycles. The van der Waals surface area contributed by atoms with Gasteiger partial charge in [0.1, 0.15) is 5.69 Å². The summed E-state index contributed by atoms with van der Waals surface area (Å²) in [6.07, 6.45) is 1.58. The molecule has 1 aromatic heterocycles. The molecule has 0 amide bonds. The van der Waals surface area contributed by atoms with E-state index in [1.165, 1.54) is 0 Å². The van der Waals surface area contributed by atoms with E-state index in [0.717, 1.165) is 20.9 Å². The third-order valence-electron chi connectivity index (χ3n) is 3.71. The van der Waals surface area contributed by atoms with Crippen molar-refractivity contribution in [2.45, 2.75) is 11.4 Å². The number of anilines is 1. The molecule has 0 spiro atoms. The van der Waals surface area contributed by atoms with E-state index in [2.05, 4.69) is 10.4 Å². The van der Waals surface area contributed by atoms with Gasteiger partial charge in [-0.05, 0) is 18.2 Å². The maximum absolute atomic E-state index is 12.6. The smallest absolute Gasteiger partial charge is 0.282 e. The highest BCUT2D eigenvalue weighted by Crippen LogP contribution is 2.34. The minimum absolute atomic E-state index is 0.232. The highest BCUT2D eigenvalue weighted by Gasteiger charge is 2.24. The van der Waals surface area contributed by atoms with Crippen molar-refractivity contribution in [3.05, 3.63) is 66.4 Å². The number of hydrogen-bond acceptors (Lipinski definition) is 4. The van der Waals surface area contributed by atoms with Crippen molar-refractivity contribution >= 4 is 15.7 Å². The van der Waals surface area contributed by atoms with Crippen LogP contribution in [0.15, 0.2) is 65.7 Å². The minimum atomic E-state index is -3.66. The lowest BCUT2D eigenvalue weighted by molar-refractivity contribution is 0.580. The van der Waals surface area contributed by atoms with Gasteiger partial charge in [0, 0.05) is 29.6 Å². The highest BCUT2D eigenvalue weighted by molar-refractivity contribution is 7.89. The van der Waals surface area contributed by atoms with Gasteiger partial charge in [-0.25, -0.2) is 0 Å². The van der Waals surface area contributed by atoms with E-state index in [0.29, 0.717) is 12.2 Å². The molecule has 22 heavy (non-hydrogen) atoms. The third-order valence-corrected chi connectivity index (χ3v) is 5.26. The zero-order valence-electron chi connectivity index (χ0n) is 11.6. The number of aromatic nitrogens is 2. The molecule has 0 saturated heterocycles. The topological polar surface area (TPSA) is 64.0 Å². The van der Waals surface area contributed by atoms with E-state index in [9.17, 15) is 8.42 Å². The molecule has 3 aromatic rings. The quantitative estimate of drug-likeness (QED) is 0.790. The number of fused-ring (bicyclic) bond motifs is 3. The van der Waals surface area contributed by atoms with Crippen LogP contribution >= 0.6 is 0 Å². The maximum atomic E-state index is 12.6. The second-order valence-electron chi connectivity index (χ2n) is 5.09. The number of benzene rings is 2. The molecule has 0 bridgehead atoms. The molecule has 110 valence electrons. The van der Waals surface area contributed by atoms with Crippen LogP contribution in [-0.2, 0) is 16.6 Å². The van der Waals surface area contributed by atoms with Gasteiger partial charge in [-0.2, -0.15) is 17.6 Å². The van der Waals surface area contributed by atoms with Crippen molar-refractivity contribution in [1.29, 1.82) is 0 Å². The van der Waals surface area contributed by atoms with Crippen LogP contribution in [-0.4, -0.2) is 17.6 Å². The van der Waals surface area contributed by atoms with Crippen LogP contribution in [0.3, 0.4) is 0 Å². The Labute approximate surface area is 128 Å². The predicted molar refractivity (Wildman–Crippen MR) is 84.0 cm³/mol. The molecular formula is C16H13N3O2S. The van der Waals surface area contributed by atoms with Crippen molar-refractivity contribution in [2.24, 2.45) is 0 Å². The average molecular weight is 311 g/mol. The van der Waals surface area contributed by atoms with E-state index >= 15 is 0 Å². The number of rotatable bonds is 2. The highest BCUT2D eigenvalue weighted by atomic mass is 32.2. The Morgan fingerprint density at radius 3 is 2.55 bits per heavy atom. The maximum Gasteiger partial charge on any atom is 0.282 e. The standard InChI is InChI=1S/C16H13N3O2S/c20-22(21,13-6-2-1-3-7-13)19-11-12-10-17-15-9-5-4-8-14(15)16(12)18-19/h1-9,11,17H,10H2. The normalized spacial score (nSPS) is 13.1. The first kappa shape index (κ1) is 13.1. The van der Waals surface area contributed by atoms with Gasteiger partial charge in [0.15, 0.2) is 0 Å². The first-order valence-corrected chi connectivity index (χ1v) is 8.33. The van der Waals surface area contributed by atoms with Crippen molar-refractivity contribution in [1.82, 2.24) is 9.19 Å². The summed E-state index contributed by atoms with van der Waals surface area (Å²) in [6.45, 7) is 0.566. The number of nitrogens with zero attached hydrogens (tertiary/aromatic N) is 2. The molecule has 6 heteroatoms. The molecule has 0 fully saturated rings. The second kappa shape index (κ2) is 4.71. The Morgan fingerprint density at radius 1 is 1.00 bits per heavy atom. The zero-order chi connectivity index (χ0) is 15.2. The molecule has 5 nitrogen and oxygen atoms in total. The summed E-state index contributed by atoms with van der Waals surface area (Å²) in [5.74, 6) is 0. The molecule has 1 aliphatic heterocycles. The van der Waals surface area contributed by atoms with Crippen molar-refractivity contribution in [3.8, 4) is 11.3 Å². The molecule has 0 unspecified atom stereocenters. The number of hydrogen-bond donors (Lipinski definition) is 1. The Morgan fingerprint density at radius 2 is 1.73 bits per heavy atom. The van der Waals surface area contributed by atoms with Crippen molar-refractivity contribution in [3.63, 3.8) is 0 Å². The number of para-hydroxylation sites is 1. The van der Waals surface area contributed by atoms with Crippen LogP contribution in [0, 0.1) is 0 Å². The molecule has 1 aliphatic rings. The average Bonchev–Trinajstić information content (AvgIpc) is 3.01. The van der Waals surface area contributed by atoms with Crippen LogP contribution in [0.5, 0.6) is 0 Å². The number of nitrogens with one attached hydrogen (secondary N) is 1. The summed E-state index contributed by atoms with van der Waals surface area (Å²) in [5, 5.41) is 7.60. The fourth-order valence-electron chi connectivity index (χ4n) is 2.60. The van der Waals surface area contributed by atoms with E-state index in [1.54, 1.807) is 36.5 Å². The molecular weight excluding hydrogens is 298 g/mol. The van der Waals surface area contributed by atoms with Crippen molar-refractivity contribution in [2.75, 3.05) is 5.32 Å². The fourth-order valence-corrected chi connectivity index (χ4v) is 3.77. The monoisotopic (exact) mass is 311 g/mol. The molecule has 0 aliphatic carbocycles. The SMILES string of the molecule is O=S(=O)(c1ccccc1)n1cc2c(n1)-c1ccccc1NC2. The molecule has 1 N–H and O–H groups in total. The van der Waals surface area contributed by atoms with Crippen LogP contribution in [0.25, 0.3) is 11.3 Å². The van der Waals surface area contributed by atoms with Crippen LogP contribution in [0.4, 0.5) is 5.69 Å². The second-order valence-corrected chi connectivity index (χ2v) is 6.89. The lowest BCUT2D eigenvalue weighted by Crippen LogP contribution is -2.13. The summed E-state index contributed by atoms with van der Waals surface area (Å²) in [4.78, 5) is 0.232. The van der Waals surface area contributed by atoms with Crippen LogP contribution in [0.2, 0.25) is 0 Å². The first-order chi connectivity index (χ1) is 10.7. The zero-order valence-corrected chi connectivity index (χ0v) is 12.4. The summed E-state index contributed by atoms with van der Waals surface area (Å²) in [5.41, 5.74) is 3.48. The fraction of sp³-hybridized carbons (Fsp3) is 0.0625. The summed E-state index contributed by atoms with van der Waals surface area (Å²) in [6, 6.07) is 16.1. The van der Waals surface area contributed by atoms with Crippen LogP contribution < -0.4 is 5.32 Å². The molecule has 2 aromatic carbocycles. The summed E-state index contributed by atoms with van der Waals surface area (Å²) < 4.78 is 26.4. The minimum Gasteiger partial charge on any atom is -0.380 e. The van der Waals surface area contributed by atoms with Gasteiger partial charge >= 0.3 is 0 Å². The molecule has 0 radical (unpaired) electrons. The van der Waals surface area contributed by atoms with Gasteiger partial charge in [0.05, 0.1) is 4.90 Å². The van der Waals surface area contributed by atoms with Gasteiger partial charge < -0.3 is 5.32 Å². The Kier molecular flexibility index (Phi) is 2.80. The summed E-state index contributed by atoms with van der Waals surface area (Å²) in [7, 11) is -3.66. The summed E-state index contributed by atoms with van der Waals surface area (Å²) >= 11 is 0. The first-order valence-electron chi connectivity index (χ1n) is 6.89. The van der Waals surface area contributed by atoms with E-state index in [-0.39, 0.29) is 4.90 Å². The molecule has 0 saturated carbocycles. The lowest BCUT2D eigenvalue weighted by atomic mass is 10.0. The Balaban J connectivity index is 1.87. The largest absolute Gasteiger partial charge is 0.380 e. The van der Waals surface area contributed by atoms with E-state index in [4.69, 9.17) is 0 Å². The third kappa shape index (κ3) is 1.92. The Hall–Kier alpha value is -2.60. The van der Waals surface area contributed by atoms with E-state index in [1.807, 2.05) is 24.3 Å². The molecule has 4 rings (SSSR count). The van der Waals surface area contributed by atoms with Gasteiger partial charge in [-0.1, -0.05) is 36.4 Å². The lowest BCUT2D eigenvalue weighted by Gasteiger charge is -2.16. The van der Waals surface area contributed by atoms with E-state index < -0.39 is 10.0 Å². The van der Waals surface area contributed by atoms with Crippen molar-refractivity contribution < 1.29 is 8.42 Å². The predicted octanol–water partition coefficient (Wildman–Crippen LogP) is 2.71. The van der Waals surface area contributed by atoms with Gasteiger partial charge in [0.2, 0.25) is 0 Å². The van der Waals surface area contributed by atoms with Crippen LogP contribution in [0.1, 0.15) is 5.56 Å². The van der Waals surface area contributed by atoms with Gasteiger partial charge in [-0.3, -0.25) is 0 Å². The Bertz CT molecular complexity index is 947. The molecule has 0 atom stereocenters. The van der Waals surface area contributed by atoms with Gasteiger partial charge in [-0.15, -0.1) is 0 Å². The van der Waals surface area contributed by atoms with Gasteiger partial charge in [0.25, 0.3) is 10.0 Å².